The fourth-order valence-corrected chi connectivity index (χ4v) is 3.73. The number of carbonyl (C=O) groups excluding carboxylic acids is 2. The Balaban J connectivity index is 1.22. The molecule has 7 nitrogen and oxygen atoms in total. The van der Waals surface area contributed by atoms with Crippen molar-refractivity contribution in [3.8, 4) is 11.5 Å². The monoisotopic (exact) mass is 387 g/mol. The number of hydrogen-bond donors (Lipinski definition) is 1. The van der Waals surface area contributed by atoms with E-state index in [-0.39, 0.29) is 17.9 Å². The largest absolute Gasteiger partial charge is 0.486 e. The molecule has 0 unspecified atom stereocenters. The number of ether oxygens (including phenoxy) is 2. The van der Waals surface area contributed by atoms with Crippen molar-refractivity contribution in [2.75, 3.05) is 39.4 Å². The van der Waals surface area contributed by atoms with Crippen LogP contribution in [0.2, 0.25) is 0 Å². The van der Waals surface area contributed by atoms with Gasteiger partial charge in [-0.2, -0.15) is 0 Å². The van der Waals surface area contributed by atoms with Crippen molar-refractivity contribution in [1.29, 1.82) is 0 Å². The molecular formula is C21H29N3O4. The lowest BCUT2D eigenvalue weighted by Gasteiger charge is -2.37. The van der Waals surface area contributed by atoms with Gasteiger partial charge in [-0.05, 0) is 43.9 Å². The van der Waals surface area contributed by atoms with Gasteiger partial charge in [0.05, 0.1) is 6.04 Å². The zero-order valence-electron chi connectivity index (χ0n) is 16.5. The van der Waals surface area contributed by atoms with Crippen LogP contribution in [-0.4, -0.2) is 73.1 Å². The number of amides is 2. The molecule has 1 aromatic carbocycles. The molecule has 152 valence electrons. The van der Waals surface area contributed by atoms with E-state index in [1.54, 1.807) is 0 Å². The minimum atomic E-state index is -0.129. The first-order valence-electron chi connectivity index (χ1n) is 10.3. The summed E-state index contributed by atoms with van der Waals surface area (Å²) in [7, 11) is 0. The van der Waals surface area contributed by atoms with Crippen LogP contribution in [0.25, 0.3) is 0 Å². The topological polar surface area (TPSA) is 71.1 Å². The van der Waals surface area contributed by atoms with Crippen LogP contribution in [0.1, 0.15) is 31.7 Å². The number of rotatable bonds is 6. The Kier molecular flexibility index (Phi) is 5.71. The molecule has 1 aromatic rings. The maximum Gasteiger partial charge on any atom is 0.237 e. The molecule has 0 spiro atoms. The number of benzene rings is 1. The van der Waals surface area contributed by atoms with Crippen molar-refractivity contribution >= 4 is 11.8 Å². The van der Waals surface area contributed by atoms with Crippen molar-refractivity contribution in [3.05, 3.63) is 23.8 Å². The van der Waals surface area contributed by atoms with Crippen molar-refractivity contribution in [2.45, 2.75) is 44.7 Å². The first-order chi connectivity index (χ1) is 13.6. The molecule has 7 heteroatoms. The Labute approximate surface area is 166 Å². The number of fused-ring (bicyclic) bond motifs is 1. The van der Waals surface area contributed by atoms with Crippen LogP contribution in [0, 0.1) is 0 Å². The molecule has 0 bridgehead atoms. The zero-order chi connectivity index (χ0) is 19.5. The molecule has 3 aliphatic rings. The van der Waals surface area contributed by atoms with E-state index in [1.807, 2.05) is 30.0 Å². The molecule has 0 aromatic heterocycles. The summed E-state index contributed by atoms with van der Waals surface area (Å²) in [6.07, 6.45) is 3.38. The third-order valence-corrected chi connectivity index (χ3v) is 5.75. The van der Waals surface area contributed by atoms with Gasteiger partial charge in [0.1, 0.15) is 13.2 Å². The van der Waals surface area contributed by atoms with Gasteiger partial charge in [0.25, 0.3) is 0 Å². The summed E-state index contributed by atoms with van der Waals surface area (Å²) in [6.45, 7) is 5.96. The van der Waals surface area contributed by atoms with Crippen LogP contribution in [0.3, 0.4) is 0 Å². The van der Waals surface area contributed by atoms with Crippen LogP contribution in [0.4, 0.5) is 0 Å². The number of nitrogens with one attached hydrogen (secondary N) is 1. The van der Waals surface area contributed by atoms with Crippen LogP contribution in [0.15, 0.2) is 18.2 Å². The molecule has 1 aliphatic carbocycles. The van der Waals surface area contributed by atoms with Crippen molar-refractivity contribution in [1.82, 2.24) is 15.1 Å². The normalized spacial score (nSPS) is 20.5. The van der Waals surface area contributed by atoms with Gasteiger partial charge in [0, 0.05) is 38.6 Å². The molecular weight excluding hydrogens is 358 g/mol. The van der Waals surface area contributed by atoms with E-state index in [1.165, 1.54) is 0 Å². The fraction of sp³-hybridized carbons (Fsp3) is 0.619. The van der Waals surface area contributed by atoms with Crippen LogP contribution in [0.5, 0.6) is 11.5 Å². The average Bonchev–Trinajstić information content (AvgIpc) is 3.55. The third-order valence-electron chi connectivity index (χ3n) is 5.75. The third kappa shape index (κ3) is 4.58. The van der Waals surface area contributed by atoms with Gasteiger partial charge in [-0.3, -0.25) is 14.5 Å². The lowest BCUT2D eigenvalue weighted by atomic mass is 10.1. The van der Waals surface area contributed by atoms with E-state index < -0.39 is 0 Å². The molecule has 4 rings (SSSR count). The summed E-state index contributed by atoms with van der Waals surface area (Å²) in [5.41, 5.74) is 1.08. The van der Waals surface area contributed by atoms with E-state index in [2.05, 4.69) is 10.2 Å². The van der Waals surface area contributed by atoms with Crippen LogP contribution >= 0.6 is 0 Å². The number of carbonyl (C=O) groups is 2. The van der Waals surface area contributed by atoms with E-state index in [4.69, 9.17) is 9.47 Å². The van der Waals surface area contributed by atoms with Gasteiger partial charge >= 0.3 is 0 Å². The SMILES string of the molecule is C[C@H](C(=O)NC1CC1)N1CCN(C(=O)CCc2ccc3c(c2)OCCO3)CC1. The van der Waals surface area contributed by atoms with E-state index in [9.17, 15) is 9.59 Å². The summed E-state index contributed by atoms with van der Waals surface area (Å²) in [5.74, 6) is 1.83. The predicted octanol–water partition coefficient (Wildman–Crippen LogP) is 1.20. The highest BCUT2D eigenvalue weighted by molar-refractivity contribution is 5.82. The minimum absolute atomic E-state index is 0.112. The van der Waals surface area contributed by atoms with Gasteiger partial charge < -0.3 is 19.7 Å². The van der Waals surface area contributed by atoms with Crippen molar-refractivity contribution in [2.24, 2.45) is 0 Å². The Morgan fingerprint density at radius 1 is 1.11 bits per heavy atom. The van der Waals surface area contributed by atoms with Crippen LogP contribution in [-0.2, 0) is 16.0 Å². The first kappa shape index (κ1) is 19.1. The quantitative estimate of drug-likeness (QED) is 0.794. The highest BCUT2D eigenvalue weighted by Gasteiger charge is 2.30. The molecule has 2 aliphatic heterocycles. The molecule has 2 fully saturated rings. The van der Waals surface area contributed by atoms with E-state index in [0.29, 0.717) is 45.2 Å². The number of hydrogen-bond acceptors (Lipinski definition) is 5. The molecule has 2 heterocycles. The molecule has 28 heavy (non-hydrogen) atoms. The molecule has 1 saturated carbocycles. The minimum Gasteiger partial charge on any atom is -0.486 e. The predicted molar refractivity (Wildman–Crippen MR) is 105 cm³/mol. The lowest BCUT2D eigenvalue weighted by molar-refractivity contribution is -0.134. The molecule has 1 N–H and O–H groups in total. The van der Waals surface area contributed by atoms with Crippen LogP contribution < -0.4 is 14.8 Å². The summed E-state index contributed by atoms with van der Waals surface area (Å²) in [4.78, 5) is 28.9. The van der Waals surface area contributed by atoms with E-state index in [0.717, 1.165) is 43.0 Å². The zero-order valence-corrected chi connectivity index (χ0v) is 16.5. The molecule has 1 atom stereocenters. The number of nitrogens with zero attached hydrogens (tertiary/aromatic N) is 2. The highest BCUT2D eigenvalue weighted by Crippen LogP contribution is 2.31. The second-order valence-corrected chi connectivity index (χ2v) is 7.85. The van der Waals surface area contributed by atoms with Crippen molar-refractivity contribution in [3.63, 3.8) is 0 Å². The number of aryl methyl sites for hydroxylation is 1. The Hall–Kier alpha value is -2.28. The van der Waals surface area contributed by atoms with Gasteiger partial charge in [-0.25, -0.2) is 0 Å². The average molecular weight is 387 g/mol. The van der Waals surface area contributed by atoms with E-state index >= 15 is 0 Å². The Morgan fingerprint density at radius 3 is 2.54 bits per heavy atom. The maximum absolute atomic E-state index is 12.6. The maximum atomic E-state index is 12.6. The summed E-state index contributed by atoms with van der Waals surface area (Å²) in [5, 5.41) is 3.06. The van der Waals surface area contributed by atoms with Gasteiger partial charge in [-0.15, -0.1) is 0 Å². The Morgan fingerprint density at radius 2 is 1.82 bits per heavy atom. The second-order valence-electron chi connectivity index (χ2n) is 7.85. The molecule has 2 amide bonds. The first-order valence-corrected chi connectivity index (χ1v) is 10.3. The molecule has 0 radical (unpaired) electrons. The fourth-order valence-electron chi connectivity index (χ4n) is 3.73. The lowest BCUT2D eigenvalue weighted by Crippen LogP contribution is -2.55. The standard InChI is InChI=1S/C21H29N3O4/c1-15(21(26)22-17-4-5-17)23-8-10-24(11-9-23)20(25)7-3-16-2-6-18-19(14-16)28-13-12-27-18/h2,6,14-15,17H,3-5,7-13H2,1H3,(H,22,26)/t15-/m1/s1. The molecule has 1 saturated heterocycles. The summed E-state index contributed by atoms with van der Waals surface area (Å²) >= 11 is 0. The van der Waals surface area contributed by atoms with Gasteiger partial charge in [0.2, 0.25) is 11.8 Å². The van der Waals surface area contributed by atoms with Gasteiger partial charge in [-0.1, -0.05) is 6.07 Å². The summed E-state index contributed by atoms with van der Waals surface area (Å²) in [6, 6.07) is 6.15. The second kappa shape index (κ2) is 8.39. The smallest absolute Gasteiger partial charge is 0.237 e. The Bertz CT molecular complexity index is 726. The number of piperazine rings is 1. The highest BCUT2D eigenvalue weighted by atomic mass is 16.6. The summed E-state index contributed by atoms with van der Waals surface area (Å²) < 4.78 is 11.1. The van der Waals surface area contributed by atoms with Gasteiger partial charge in [0.15, 0.2) is 11.5 Å². The van der Waals surface area contributed by atoms with Crippen molar-refractivity contribution < 1.29 is 19.1 Å².